The molecule has 126 valence electrons. The molecule has 2 N–H and O–H groups in total. The highest BCUT2D eigenvalue weighted by molar-refractivity contribution is 6.04. The van der Waals surface area contributed by atoms with Crippen LogP contribution >= 0.6 is 0 Å². The summed E-state index contributed by atoms with van der Waals surface area (Å²) in [6, 6.07) is 13.7. The molecule has 0 aliphatic carbocycles. The van der Waals surface area contributed by atoms with Crippen LogP contribution in [0.2, 0.25) is 0 Å². The van der Waals surface area contributed by atoms with E-state index >= 15 is 0 Å². The lowest BCUT2D eigenvalue weighted by Crippen LogP contribution is -2.26. The van der Waals surface area contributed by atoms with Crippen LogP contribution in [0.5, 0.6) is 5.75 Å². The molecule has 0 saturated heterocycles. The van der Waals surface area contributed by atoms with E-state index in [1.165, 1.54) is 7.11 Å². The van der Waals surface area contributed by atoms with Crippen molar-refractivity contribution in [2.45, 2.75) is 13.0 Å². The molecule has 1 unspecified atom stereocenters. The molecule has 6 heteroatoms. The molecule has 2 aromatic rings. The number of benzene rings is 2. The summed E-state index contributed by atoms with van der Waals surface area (Å²) in [5.74, 6) is 0.245. The number of hydrogen-bond donors (Lipinski definition) is 2. The fourth-order valence-corrected chi connectivity index (χ4v) is 1.93. The Bertz CT molecular complexity index is 696. The van der Waals surface area contributed by atoms with Crippen LogP contribution in [0.15, 0.2) is 48.5 Å². The molecule has 0 saturated carbocycles. The van der Waals surface area contributed by atoms with Crippen molar-refractivity contribution in [3.8, 4) is 5.75 Å². The van der Waals surface area contributed by atoms with Gasteiger partial charge in [0.15, 0.2) is 0 Å². The Kier molecular flexibility index (Phi) is 5.92. The molecule has 0 fully saturated rings. The molecule has 0 radical (unpaired) electrons. The van der Waals surface area contributed by atoms with E-state index in [0.29, 0.717) is 16.9 Å². The Balaban J connectivity index is 1.98. The molecule has 0 aliphatic rings. The molecule has 0 heterocycles. The number of amides is 2. The summed E-state index contributed by atoms with van der Waals surface area (Å²) in [6.07, 6.45) is -0.539. The van der Waals surface area contributed by atoms with Crippen LogP contribution in [-0.4, -0.2) is 32.1 Å². The van der Waals surface area contributed by atoms with Gasteiger partial charge in [-0.25, -0.2) is 0 Å². The van der Waals surface area contributed by atoms with E-state index in [0.717, 1.165) is 5.75 Å². The fraction of sp³-hybridized carbons (Fsp3) is 0.222. The van der Waals surface area contributed by atoms with E-state index in [1.54, 1.807) is 62.6 Å². The topological polar surface area (TPSA) is 76.7 Å². The molecular weight excluding hydrogens is 308 g/mol. The largest absolute Gasteiger partial charge is 0.497 e. The van der Waals surface area contributed by atoms with Gasteiger partial charge in [0, 0.05) is 24.0 Å². The van der Waals surface area contributed by atoms with Gasteiger partial charge in [-0.15, -0.1) is 0 Å². The van der Waals surface area contributed by atoms with Crippen molar-refractivity contribution in [2.75, 3.05) is 24.9 Å². The van der Waals surface area contributed by atoms with E-state index in [4.69, 9.17) is 9.47 Å². The Morgan fingerprint density at radius 3 is 1.96 bits per heavy atom. The minimum Gasteiger partial charge on any atom is -0.497 e. The van der Waals surface area contributed by atoms with Crippen LogP contribution in [0.25, 0.3) is 0 Å². The molecule has 1 atom stereocenters. The van der Waals surface area contributed by atoms with Crippen molar-refractivity contribution in [2.24, 2.45) is 0 Å². The third kappa shape index (κ3) is 4.57. The molecule has 0 aromatic heterocycles. The molecule has 2 amide bonds. The monoisotopic (exact) mass is 328 g/mol. The summed E-state index contributed by atoms with van der Waals surface area (Å²) < 4.78 is 10.0. The van der Waals surface area contributed by atoms with Gasteiger partial charge in [0.05, 0.1) is 7.11 Å². The average Bonchev–Trinajstić information content (AvgIpc) is 2.62. The molecule has 24 heavy (non-hydrogen) atoms. The zero-order chi connectivity index (χ0) is 17.5. The van der Waals surface area contributed by atoms with Crippen molar-refractivity contribution in [3.05, 3.63) is 54.1 Å². The molecule has 0 bridgehead atoms. The molecule has 0 spiro atoms. The maximum absolute atomic E-state index is 12.2. The van der Waals surface area contributed by atoms with Crippen molar-refractivity contribution < 1.29 is 19.1 Å². The fourth-order valence-electron chi connectivity index (χ4n) is 1.93. The summed E-state index contributed by atoms with van der Waals surface area (Å²) in [5, 5.41) is 5.51. The van der Waals surface area contributed by atoms with Gasteiger partial charge < -0.3 is 20.1 Å². The Morgan fingerprint density at radius 1 is 0.875 bits per heavy atom. The molecule has 6 nitrogen and oxygen atoms in total. The SMILES string of the molecule is COc1ccc(NC(=O)c2ccc(NC(=O)C(C)OC)cc2)cc1. The standard InChI is InChI=1S/C18H20N2O4/c1-12(23-2)17(21)19-14-6-4-13(5-7-14)18(22)20-15-8-10-16(24-3)11-9-15/h4-12H,1-3H3,(H,19,21)(H,20,22). The van der Waals surface area contributed by atoms with Gasteiger partial charge >= 0.3 is 0 Å². The summed E-state index contributed by atoms with van der Waals surface area (Å²) in [4.78, 5) is 23.9. The van der Waals surface area contributed by atoms with Gasteiger partial charge in [-0.05, 0) is 55.5 Å². The second-order valence-corrected chi connectivity index (χ2v) is 5.13. The zero-order valence-electron chi connectivity index (χ0n) is 13.8. The van der Waals surface area contributed by atoms with Gasteiger partial charge in [0.25, 0.3) is 11.8 Å². The first-order chi connectivity index (χ1) is 11.5. The third-order valence-corrected chi connectivity index (χ3v) is 3.49. The van der Waals surface area contributed by atoms with E-state index < -0.39 is 6.10 Å². The summed E-state index contributed by atoms with van der Waals surface area (Å²) in [7, 11) is 3.05. The van der Waals surface area contributed by atoms with Crippen LogP contribution in [0.4, 0.5) is 11.4 Å². The van der Waals surface area contributed by atoms with Gasteiger partial charge in [-0.1, -0.05) is 0 Å². The number of methoxy groups -OCH3 is 2. The van der Waals surface area contributed by atoms with Crippen molar-refractivity contribution in [3.63, 3.8) is 0 Å². The van der Waals surface area contributed by atoms with E-state index in [1.807, 2.05) is 0 Å². The third-order valence-electron chi connectivity index (χ3n) is 3.49. The number of carbonyl (C=O) groups excluding carboxylic acids is 2. The first-order valence-corrected chi connectivity index (χ1v) is 7.42. The zero-order valence-corrected chi connectivity index (χ0v) is 13.8. The highest BCUT2D eigenvalue weighted by Gasteiger charge is 2.12. The van der Waals surface area contributed by atoms with E-state index in [9.17, 15) is 9.59 Å². The van der Waals surface area contributed by atoms with Crippen LogP contribution in [0.3, 0.4) is 0 Å². The number of rotatable bonds is 6. The summed E-state index contributed by atoms with van der Waals surface area (Å²) in [6.45, 7) is 1.66. The quantitative estimate of drug-likeness (QED) is 0.855. The van der Waals surface area contributed by atoms with Gasteiger partial charge in [-0.3, -0.25) is 9.59 Å². The van der Waals surface area contributed by atoms with Crippen molar-refractivity contribution in [1.82, 2.24) is 0 Å². The Morgan fingerprint density at radius 2 is 1.42 bits per heavy atom. The second-order valence-electron chi connectivity index (χ2n) is 5.13. The number of carbonyl (C=O) groups is 2. The number of anilines is 2. The normalized spacial score (nSPS) is 11.5. The summed E-state index contributed by atoms with van der Waals surface area (Å²) >= 11 is 0. The maximum Gasteiger partial charge on any atom is 0.255 e. The number of hydrogen-bond acceptors (Lipinski definition) is 4. The Labute approximate surface area is 140 Å². The first kappa shape index (κ1) is 17.5. The van der Waals surface area contributed by atoms with Crippen LogP contribution in [0, 0.1) is 0 Å². The van der Waals surface area contributed by atoms with Gasteiger partial charge in [0.1, 0.15) is 11.9 Å². The maximum atomic E-state index is 12.2. The lowest BCUT2D eigenvalue weighted by molar-refractivity contribution is -0.124. The van der Waals surface area contributed by atoms with Crippen molar-refractivity contribution in [1.29, 1.82) is 0 Å². The highest BCUT2D eigenvalue weighted by atomic mass is 16.5. The predicted octanol–water partition coefficient (Wildman–Crippen LogP) is 2.92. The molecule has 2 rings (SSSR count). The summed E-state index contributed by atoms with van der Waals surface area (Å²) in [5.41, 5.74) is 1.76. The van der Waals surface area contributed by atoms with Crippen molar-refractivity contribution >= 4 is 23.2 Å². The van der Waals surface area contributed by atoms with Crippen LogP contribution in [0.1, 0.15) is 17.3 Å². The number of nitrogens with one attached hydrogen (secondary N) is 2. The van der Waals surface area contributed by atoms with E-state index in [2.05, 4.69) is 10.6 Å². The minimum absolute atomic E-state index is 0.233. The second kappa shape index (κ2) is 8.12. The first-order valence-electron chi connectivity index (χ1n) is 7.42. The van der Waals surface area contributed by atoms with Crippen LogP contribution in [-0.2, 0) is 9.53 Å². The predicted molar refractivity (Wildman–Crippen MR) is 92.5 cm³/mol. The lowest BCUT2D eigenvalue weighted by Gasteiger charge is -2.11. The number of ether oxygens (including phenoxy) is 2. The van der Waals surface area contributed by atoms with Gasteiger partial charge in [0.2, 0.25) is 0 Å². The van der Waals surface area contributed by atoms with Crippen LogP contribution < -0.4 is 15.4 Å². The smallest absolute Gasteiger partial charge is 0.255 e. The Hall–Kier alpha value is -2.86. The average molecular weight is 328 g/mol. The molecular formula is C18H20N2O4. The highest BCUT2D eigenvalue weighted by Crippen LogP contribution is 2.17. The van der Waals surface area contributed by atoms with Gasteiger partial charge in [-0.2, -0.15) is 0 Å². The molecule has 2 aromatic carbocycles. The minimum atomic E-state index is -0.539. The van der Waals surface area contributed by atoms with E-state index in [-0.39, 0.29) is 11.8 Å². The molecule has 0 aliphatic heterocycles. The lowest BCUT2D eigenvalue weighted by atomic mass is 10.2.